The average molecular weight is 311 g/mol. The molecule has 1 fully saturated rings. The third-order valence-electron chi connectivity index (χ3n) is 4.21. The van der Waals surface area contributed by atoms with Gasteiger partial charge in [0, 0.05) is 24.0 Å². The molecule has 1 amide bonds. The van der Waals surface area contributed by atoms with E-state index in [1.54, 1.807) is 18.5 Å². The topological polar surface area (TPSA) is 64.1 Å². The van der Waals surface area contributed by atoms with Gasteiger partial charge in [-0.05, 0) is 50.3 Å². The van der Waals surface area contributed by atoms with Crippen LogP contribution in [0.2, 0.25) is 0 Å². The van der Waals surface area contributed by atoms with Crippen LogP contribution in [0.4, 0.5) is 0 Å². The van der Waals surface area contributed by atoms with Crippen LogP contribution >= 0.6 is 0 Å². The minimum absolute atomic E-state index is 0.0128. The van der Waals surface area contributed by atoms with Gasteiger partial charge >= 0.3 is 6.01 Å². The number of benzene rings is 1. The van der Waals surface area contributed by atoms with E-state index in [0.29, 0.717) is 6.01 Å². The van der Waals surface area contributed by atoms with Gasteiger partial charge < -0.3 is 10.1 Å². The Kier molecular flexibility index (Phi) is 4.86. The van der Waals surface area contributed by atoms with E-state index >= 15 is 0 Å². The summed E-state index contributed by atoms with van der Waals surface area (Å²) >= 11 is 0. The van der Waals surface area contributed by atoms with Gasteiger partial charge in [-0.2, -0.15) is 0 Å². The van der Waals surface area contributed by atoms with Crippen molar-refractivity contribution in [1.29, 1.82) is 0 Å². The highest BCUT2D eigenvalue weighted by molar-refractivity contribution is 5.95. The molecule has 1 N–H and O–H groups in total. The van der Waals surface area contributed by atoms with Crippen molar-refractivity contribution in [2.75, 3.05) is 0 Å². The third-order valence-corrected chi connectivity index (χ3v) is 4.21. The lowest BCUT2D eigenvalue weighted by Crippen LogP contribution is -2.40. The SMILES string of the molecule is Cc1ccccc1C(=O)NC1CCC(Oc2ncccn2)CC1. The molecular weight excluding hydrogens is 290 g/mol. The molecule has 0 bridgehead atoms. The lowest BCUT2D eigenvalue weighted by Gasteiger charge is -2.29. The second kappa shape index (κ2) is 7.22. The Morgan fingerprint density at radius 3 is 2.48 bits per heavy atom. The molecule has 0 aliphatic heterocycles. The van der Waals surface area contributed by atoms with Crippen molar-refractivity contribution < 1.29 is 9.53 Å². The van der Waals surface area contributed by atoms with Gasteiger partial charge in [-0.1, -0.05) is 18.2 Å². The Morgan fingerprint density at radius 2 is 1.78 bits per heavy atom. The Labute approximate surface area is 136 Å². The van der Waals surface area contributed by atoms with E-state index in [1.807, 2.05) is 31.2 Å². The fourth-order valence-corrected chi connectivity index (χ4v) is 2.91. The Morgan fingerprint density at radius 1 is 1.09 bits per heavy atom. The minimum atomic E-state index is 0.0128. The predicted molar refractivity (Wildman–Crippen MR) is 87.3 cm³/mol. The molecule has 1 saturated carbocycles. The molecule has 3 rings (SSSR count). The molecule has 23 heavy (non-hydrogen) atoms. The van der Waals surface area contributed by atoms with Gasteiger partial charge in [0.15, 0.2) is 0 Å². The minimum Gasteiger partial charge on any atom is -0.460 e. The summed E-state index contributed by atoms with van der Waals surface area (Å²) in [4.78, 5) is 20.5. The molecule has 1 aromatic heterocycles. The van der Waals surface area contributed by atoms with E-state index < -0.39 is 0 Å². The molecule has 1 aliphatic carbocycles. The maximum atomic E-state index is 12.3. The van der Waals surface area contributed by atoms with Crippen LogP contribution in [0.3, 0.4) is 0 Å². The van der Waals surface area contributed by atoms with Crippen molar-refractivity contribution in [3.8, 4) is 6.01 Å². The van der Waals surface area contributed by atoms with Crippen molar-refractivity contribution in [1.82, 2.24) is 15.3 Å². The summed E-state index contributed by atoms with van der Waals surface area (Å²) in [5.41, 5.74) is 1.76. The standard InChI is InChI=1S/C18H21N3O2/c1-13-5-2-3-6-16(13)17(22)21-14-7-9-15(10-8-14)23-18-19-11-4-12-20-18/h2-6,11-12,14-15H,7-10H2,1H3,(H,21,22). The van der Waals surface area contributed by atoms with Gasteiger partial charge in [-0.3, -0.25) is 4.79 Å². The second-order valence-electron chi connectivity index (χ2n) is 5.91. The summed E-state index contributed by atoms with van der Waals surface area (Å²) in [5, 5.41) is 3.13. The van der Waals surface area contributed by atoms with Gasteiger partial charge in [0.1, 0.15) is 6.10 Å². The molecule has 0 atom stereocenters. The van der Waals surface area contributed by atoms with E-state index in [0.717, 1.165) is 36.8 Å². The summed E-state index contributed by atoms with van der Waals surface area (Å²) < 4.78 is 5.78. The van der Waals surface area contributed by atoms with E-state index in [-0.39, 0.29) is 18.1 Å². The van der Waals surface area contributed by atoms with Gasteiger partial charge in [-0.15, -0.1) is 0 Å². The van der Waals surface area contributed by atoms with Crippen LogP contribution < -0.4 is 10.1 Å². The molecule has 1 heterocycles. The number of nitrogens with zero attached hydrogens (tertiary/aromatic N) is 2. The summed E-state index contributed by atoms with van der Waals surface area (Å²) in [6, 6.07) is 10.1. The molecule has 5 heteroatoms. The number of carbonyl (C=O) groups excluding carboxylic acids is 1. The zero-order valence-corrected chi connectivity index (χ0v) is 13.2. The molecule has 0 saturated heterocycles. The first-order valence-electron chi connectivity index (χ1n) is 8.02. The molecule has 2 aromatic rings. The molecule has 1 aliphatic rings. The number of aryl methyl sites for hydroxylation is 1. The molecule has 5 nitrogen and oxygen atoms in total. The smallest absolute Gasteiger partial charge is 0.316 e. The maximum Gasteiger partial charge on any atom is 0.316 e. The lowest BCUT2D eigenvalue weighted by molar-refractivity contribution is 0.0884. The first-order chi connectivity index (χ1) is 11.2. The van der Waals surface area contributed by atoms with Crippen LogP contribution in [-0.4, -0.2) is 28.0 Å². The van der Waals surface area contributed by atoms with Crippen molar-refractivity contribution >= 4 is 5.91 Å². The zero-order valence-electron chi connectivity index (χ0n) is 13.2. The van der Waals surface area contributed by atoms with Crippen molar-refractivity contribution in [3.63, 3.8) is 0 Å². The Balaban J connectivity index is 1.49. The van der Waals surface area contributed by atoms with Crippen LogP contribution in [0.1, 0.15) is 41.6 Å². The summed E-state index contributed by atoms with van der Waals surface area (Å²) in [6.45, 7) is 1.96. The fourth-order valence-electron chi connectivity index (χ4n) is 2.91. The first-order valence-corrected chi connectivity index (χ1v) is 8.02. The third kappa shape index (κ3) is 4.06. The van der Waals surface area contributed by atoms with Gasteiger partial charge in [0.25, 0.3) is 5.91 Å². The predicted octanol–water partition coefficient (Wildman–Crippen LogP) is 2.91. The number of hydrogen-bond donors (Lipinski definition) is 1. The van der Waals surface area contributed by atoms with Crippen LogP contribution in [0.5, 0.6) is 6.01 Å². The molecule has 0 radical (unpaired) electrons. The van der Waals surface area contributed by atoms with Gasteiger partial charge in [0.2, 0.25) is 0 Å². The molecular formula is C18H21N3O2. The quantitative estimate of drug-likeness (QED) is 0.943. The second-order valence-corrected chi connectivity index (χ2v) is 5.91. The van der Waals surface area contributed by atoms with Crippen LogP contribution in [0, 0.1) is 6.92 Å². The highest BCUT2D eigenvalue weighted by Gasteiger charge is 2.24. The summed E-state index contributed by atoms with van der Waals surface area (Å²) in [5.74, 6) is 0.0128. The lowest BCUT2D eigenvalue weighted by atomic mass is 9.92. The average Bonchev–Trinajstić information content (AvgIpc) is 2.58. The van der Waals surface area contributed by atoms with E-state index in [4.69, 9.17) is 4.74 Å². The van der Waals surface area contributed by atoms with Gasteiger partial charge in [0.05, 0.1) is 0 Å². The van der Waals surface area contributed by atoms with Gasteiger partial charge in [-0.25, -0.2) is 9.97 Å². The van der Waals surface area contributed by atoms with Crippen LogP contribution in [0.15, 0.2) is 42.7 Å². The molecule has 1 aromatic carbocycles. The monoisotopic (exact) mass is 311 g/mol. The van der Waals surface area contributed by atoms with Crippen molar-refractivity contribution in [3.05, 3.63) is 53.9 Å². The summed E-state index contributed by atoms with van der Waals surface area (Å²) in [7, 11) is 0. The Hall–Kier alpha value is -2.43. The number of ether oxygens (including phenoxy) is 1. The van der Waals surface area contributed by atoms with E-state index in [1.165, 1.54) is 0 Å². The number of carbonyl (C=O) groups is 1. The van der Waals surface area contributed by atoms with E-state index in [9.17, 15) is 4.79 Å². The molecule has 0 unspecified atom stereocenters. The van der Waals surface area contributed by atoms with Crippen LogP contribution in [-0.2, 0) is 0 Å². The zero-order chi connectivity index (χ0) is 16.1. The number of nitrogens with one attached hydrogen (secondary N) is 1. The normalized spacial score (nSPS) is 20.7. The number of hydrogen-bond acceptors (Lipinski definition) is 4. The number of aromatic nitrogens is 2. The molecule has 0 spiro atoms. The number of amides is 1. The number of rotatable bonds is 4. The highest BCUT2D eigenvalue weighted by Crippen LogP contribution is 2.22. The van der Waals surface area contributed by atoms with Crippen LogP contribution in [0.25, 0.3) is 0 Å². The first kappa shape index (κ1) is 15.5. The summed E-state index contributed by atoms with van der Waals surface area (Å²) in [6.07, 6.45) is 7.11. The largest absolute Gasteiger partial charge is 0.460 e. The maximum absolute atomic E-state index is 12.3. The van der Waals surface area contributed by atoms with Crippen molar-refractivity contribution in [2.24, 2.45) is 0 Å². The molecule has 120 valence electrons. The fraction of sp³-hybridized carbons (Fsp3) is 0.389. The van der Waals surface area contributed by atoms with E-state index in [2.05, 4.69) is 15.3 Å². The van der Waals surface area contributed by atoms with Crippen molar-refractivity contribution in [2.45, 2.75) is 44.8 Å². The Bertz CT molecular complexity index is 652. The highest BCUT2D eigenvalue weighted by atomic mass is 16.5.